The Labute approximate surface area is 164 Å². The van der Waals surface area contributed by atoms with Crippen LogP contribution in [-0.4, -0.2) is 39.6 Å². The molecule has 1 aliphatic heterocycles. The van der Waals surface area contributed by atoms with E-state index in [2.05, 4.69) is 20.5 Å². The Morgan fingerprint density at radius 2 is 1.71 bits per heavy atom. The number of hydrogen-bond donors (Lipinski definition) is 1. The van der Waals surface area contributed by atoms with Gasteiger partial charge in [0.05, 0.1) is 11.2 Å². The number of carbonyl (C=O) groups excluding carboxylic acids is 1. The number of rotatable bonds is 6. The van der Waals surface area contributed by atoms with E-state index >= 15 is 0 Å². The van der Waals surface area contributed by atoms with Crippen molar-refractivity contribution < 1.29 is 4.79 Å². The fourth-order valence-corrected chi connectivity index (χ4v) is 3.46. The van der Waals surface area contributed by atoms with Crippen LogP contribution in [0.3, 0.4) is 0 Å². The van der Waals surface area contributed by atoms with Gasteiger partial charge < -0.3 is 4.90 Å². The van der Waals surface area contributed by atoms with Crippen molar-refractivity contribution in [3.8, 4) is 0 Å². The zero-order chi connectivity index (χ0) is 19.2. The number of nitrogens with zero attached hydrogens (tertiary/aromatic N) is 4. The summed E-state index contributed by atoms with van der Waals surface area (Å²) < 4.78 is 0. The van der Waals surface area contributed by atoms with Gasteiger partial charge in [-0.15, -0.1) is 0 Å². The standard InChI is InChI=1S/C22H23N5O/c28-21(27-14-6-7-15-27)13-12-19(17-8-2-1-3-9-17)25-26-22-18-10-4-5-11-20(18)23-16-24-22/h1-5,8-11,16H,6-7,12-15H2,(H,23,24,26). The zero-order valence-corrected chi connectivity index (χ0v) is 15.7. The number of hydrazone groups is 1. The van der Waals surface area contributed by atoms with Gasteiger partial charge in [0.15, 0.2) is 5.82 Å². The van der Waals surface area contributed by atoms with Gasteiger partial charge in [-0.2, -0.15) is 5.10 Å². The number of anilines is 1. The molecule has 142 valence electrons. The second-order valence-electron chi connectivity index (χ2n) is 6.86. The van der Waals surface area contributed by atoms with Gasteiger partial charge in [-0.05, 0) is 30.5 Å². The number of para-hydroxylation sites is 1. The maximum Gasteiger partial charge on any atom is 0.222 e. The Balaban J connectivity index is 1.55. The summed E-state index contributed by atoms with van der Waals surface area (Å²) in [6.07, 6.45) is 4.77. The number of nitrogens with one attached hydrogen (secondary N) is 1. The molecule has 0 aliphatic carbocycles. The first-order valence-corrected chi connectivity index (χ1v) is 9.67. The lowest BCUT2D eigenvalue weighted by atomic mass is 10.1. The van der Waals surface area contributed by atoms with E-state index in [0.717, 1.165) is 48.1 Å². The molecule has 4 rings (SSSR count). The summed E-state index contributed by atoms with van der Waals surface area (Å²) in [5.74, 6) is 0.860. The van der Waals surface area contributed by atoms with Crippen molar-refractivity contribution in [2.45, 2.75) is 25.7 Å². The summed E-state index contributed by atoms with van der Waals surface area (Å²) in [4.78, 5) is 23.0. The molecule has 0 spiro atoms. The molecule has 6 heteroatoms. The van der Waals surface area contributed by atoms with Crippen molar-refractivity contribution in [2.75, 3.05) is 18.5 Å². The fourth-order valence-electron chi connectivity index (χ4n) is 3.46. The van der Waals surface area contributed by atoms with Crippen LogP contribution >= 0.6 is 0 Å². The molecule has 0 bridgehead atoms. The van der Waals surface area contributed by atoms with E-state index in [4.69, 9.17) is 0 Å². The third-order valence-corrected chi connectivity index (χ3v) is 4.98. The highest BCUT2D eigenvalue weighted by Crippen LogP contribution is 2.19. The number of amides is 1. The molecule has 28 heavy (non-hydrogen) atoms. The summed E-state index contributed by atoms with van der Waals surface area (Å²) in [5, 5.41) is 5.53. The molecule has 1 N–H and O–H groups in total. The molecule has 1 aromatic heterocycles. The summed E-state index contributed by atoms with van der Waals surface area (Å²) >= 11 is 0. The van der Waals surface area contributed by atoms with E-state index in [1.54, 1.807) is 0 Å². The minimum atomic E-state index is 0.202. The van der Waals surface area contributed by atoms with Gasteiger partial charge in [0, 0.05) is 31.3 Å². The van der Waals surface area contributed by atoms with E-state index in [1.165, 1.54) is 6.33 Å². The fraction of sp³-hybridized carbons (Fsp3) is 0.273. The average molecular weight is 373 g/mol. The van der Waals surface area contributed by atoms with Crippen LogP contribution in [0.5, 0.6) is 0 Å². The highest BCUT2D eigenvalue weighted by molar-refractivity contribution is 6.02. The molecule has 0 unspecified atom stereocenters. The van der Waals surface area contributed by atoms with Crippen LogP contribution in [0.2, 0.25) is 0 Å². The molecule has 6 nitrogen and oxygen atoms in total. The maximum atomic E-state index is 12.5. The minimum absolute atomic E-state index is 0.202. The lowest BCUT2D eigenvalue weighted by Gasteiger charge is -2.15. The predicted octanol–water partition coefficient (Wildman–Crippen LogP) is 3.85. The molecule has 1 aliphatic rings. The Kier molecular flexibility index (Phi) is 5.56. The van der Waals surface area contributed by atoms with Gasteiger partial charge in [-0.25, -0.2) is 9.97 Å². The van der Waals surface area contributed by atoms with E-state index in [-0.39, 0.29) is 5.91 Å². The van der Waals surface area contributed by atoms with Gasteiger partial charge in [-0.1, -0.05) is 42.5 Å². The van der Waals surface area contributed by atoms with Crippen molar-refractivity contribution in [1.29, 1.82) is 0 Å². The van der Waals surface area contributed by atoms with Crippen molar-refractivity contribution in [1.82, 2.24) is 14.9 Å². The summed E-state index contributed by atoms with van der Waals surface area (Å²) in [5.41, 5.74) is 5.80. The van der Waals surface area contributed by atoms with E-state index < -0.39 is 0 Å². The zero-order valence-electron chi connectivity index (χ0n) is 15.7. The lowest BCUT2D eigenvalue weighted by Crippen LogP contribution is -2.28. The number of fused-ring (bicyclic) bond motifs is 1. The van der Waals surface area contributed by atoms with Crippen LogP contribution in [0.15, 0.2) is 66.0 Å². The smallest absolute Gasteiger partial charge is 0.222 e. The van der Waals surface area contributed by atoms with E-state index in [1.807, 2.05) is 59.5 Å². The van der Waals surface area contributed by atoms with Crippen molar-refractivity contribution >= 4 is 28.3 Å². The number of hydrogen-bond acceptors (Lipinski definition) is 5. The van der Waals surface area contributed by atoms with Crippen LogP contribution in [0.4, 0.5) is 5.82 Å². The third kappa shape index (κ3) is 4.17. The Bertz CT molecular complexity index is 975. The number of carbonyl (C=O) groups is 1. The predicted molar refractivity (Wildman–Crippen MR) is 111 cm³/mol. The summed E-state index contributed by atoms with van der Waals surface area (Å²) in [6, 6.07) is 17.8. The van der Waals surface area contributed by atoms with Crippen LogP contribution in [0.1, 0.15) is 31.2 Å². The lowest BCUT2D eigenvalue weighted by molar-refractivity contribution is -0.129. The van der Waals surface area contributed by atoms with Gasteiger partial charge in [0.2, 0.25) is 5.91 Å². The Hall–Kier alpha value is -3.28. The molecule has 1 saturated heterocycles. The normalized spacial score (nSPS) is 14.4. The van der Waals surface area contributed by atoms with Crippen molar-refractivity contribution in [3.63, 3.8) is 0 Å². The van der Waals surface area contributed by atoms with Crippen molar-refractivity contribution in [2.24, 2.45) is 5.10 Å². The highest BCUT2D eigenvalue weighted by atomic mass is 16.2. The molecule has 0 radical (unpaired) electrons. The molecule has 3 aromatic rings. The molecular weight excluding hydrogens is 350 g/mol. The molecule has 0 saturated carbocycles. The minimum Gasteiger partial charge on any atom is -0.343 e. The molecule has 1 amide bonds. The largest absolute Gasteiger partial charge is 0.343 e. The highest BCUT2D eigenvalue weighted by Gasteiger charge is 2.18. The first kappa shape index (κ1) is 18.1. The number of likely N-dealkylation sites (tertiary alicyclic amines) is 1. The number of aromatic nitrogens is 2. The second kappa shape index (κ2) is 8.61. The van der Waals surface area contributed by atoms with Crippen LogP contribution in [0.25, 0.3) is 10.9 Å². The topological polar surface area (TPSA) is 70.5 Å². The Morgan fingerprint density at radius 1 is 0.964 bits per heavy atom. The van der Waals surface area contributed by atoms with Gasteiger partial charge in [-0.3, -0.25) is 10.2 Å². The second-order valence-corrected chi connectivity index (χ2v) is 6.86. The molecule has 2 aromatic carbocycles. The van der Waals surface area contributed by atoms with Crippen LogP contribution in [0, 0.1) is 0 Å². The number of benzene rings is 2. The first-order chi connectivity index (χ1) is 13.8. The summed E-state index contributed by atoms with van der Waals surface area (Å²) in [7, 11) is 0. The van der Waals surface area contributed by atoms with Crippen molar-refractivity contribution in [3.05, 3.63) is 66.5 Å². The van der Waals surface area contributed by atoms with E-state index in [0.29, 0.717) is 18.7 Å². The SMILES string of the molecule is O=C(CCC(=NNc1ncnc2ccccc12)c1ccccc1)N1CCCC1. The van der Waals surface area contributed by atoms with Gasteiger partial charge in [0.1, 0.15) is 6.33 Å². The first-order valence-electron chi connectivity index (χ1n) is 9.67. The van der Waals surface area contributed by atoms with Crippen LogP contribution < -0.4 is 5.43 Å². The molecular formula is C22H23N5O. The molecule has 0 atom stereocenters. The average Bonchev–Trinajstić information content (AvgIpc) is 3.29. The van der Waals surface area contributed by atoms with E-state index in [9.17, 15) is 4.79 Å². The van der Waals surface area contributed by atoms with Crippen LogP contribution in [-0.2, 0) is 4.79 Å². The monoisotopic (exact) mass is 373 g/mol. The Morgan fingerprint density at radius 3 is 2.54 bits per heavy atom. The molecule has 1 fully saturated rings. The summed E-state index contributed by atoms with van der Waals surface area (Å²) in [6.45, 7) is 1.75. The van der Waals surface area contributed by atoms with Gasteiger partial charge in [0.25, 0.3) is 0 Å². The third-order valence-electron chi connectivity index (χ3n) is 4.98. The molecule has 2 heterocycles. The van der Waals surface area contributed by atoms with Gasteiger partial charge >= 0.3 is 0 Å². The maximum absolute atomic E-state index is 12.5. The quantitative estimate of drug-likeness (QED) is 0.526.